The van der Waals surface area contributed by atoms with Gasteiger partial charge in [-0.2, -0.15) is 0 Å². The Balaban J connectivity index is 1.91. The van der Waals surface area contributed by atoms with Gasteiger partial charge in [0.1, 0.15) is 16.8 Å². The molecule has 1 amide bonds. The highest BCUT2D eigenvalue weighted by atomic mass is 35.5. The van der Waals surface area contributed by atoms with Crippen molar-refractivity contribution < 1.29 is 22.2 Å². The van der Waals surface area contributed by atoms with E-state index >= 15 is 0 Å². The monoisotopic (exact) mass is 467 g/mol. The Morgan fingerprint density at radius 2 is 1.84 bits per heavy atom. The van der Waals surface area contributed by atoms with Crippen molar-refractivity contribution in [2.75, 3.05) is 16.7 Å². The Labute approximate surface area is 184 Å². The Morgan fingerprint density at radius 1 is 1.16 bits per heavy atom. The molecule has 3 rings (SSSR count). The number of alkyl halides is 2. The van der Waals surface area contributed by atoms with Crippen LogP contribution in [0.25, 0.3) is 0 Å². The molecular weight excluding hydrogens is 451 g/mol. The Kier molecular flexibility index (Phi) is 6.97. The first kappa shape index (κ1) is 22.8. The number of hydrogen-bond acceptors (Lipinski definition) is 3. The number of aromatic nitrogens is 1. The van der Waals surface area contributed by atoms with Gasteiger partial charge in [-0.05, 0) is 61.0 Å². The number of amides is 1. The second-order valence-electron chi connectivity index (χ2n) is 6.60. The third-order valence-corrected chi connectivity index (χ3v) is 5.80. The third-order valence-electron chi connectivity index (χ3n) is 4.36. The SMILES string of the molecule is Cc1cnc(C(=O)N(C)c2ccc(F)cc2)c(NS(=O)c2ccc(Cl)c(C(F)F)c2)c1. The van der Waals surface area contributed by atoms with E-state index in [0.29, 0.717) is 11.3 Å². The summed E-state index contributed by atoms with van der Waals surface area (Å²) in [4.78, 5) is 18.5. The van der Waals surface area contributed by atoms with Gasteiger partial charge in [0, 0.05) is 29.5 Å². The highest BCUT2D eigenvalue weighted by molar-refractivity contribution is 7.86. The summed E-state index contributed by atoms with van der Waals surface area (Å²) in [5.74, 6) is -0.975. The van der Waals surface area contributed by atoms with Gasteiger partial charge < -0.3 is 4.90 Å². The number of nitrogens with zero attached hydrogens (tertiary/aromatic N) is 2. The molecule has 0 fully saturated rings. The zero-order valence-electron chi connectivity index (χ0n) is 16.4. The van der Waals surface area contributed by atoms with E-state index in [9.17, 15) is 22.2 Å². The minimum Gasteiger partial charge on any atom is -0.310 e. The molecule has 1 N–H and O–H groups in total. The number of benzene rings is 2. The molecule has 0 aliphatic heterocycles. The highest BCUT2D eigenvalue weighted by Crippen LogP contribution is 2.29. The van der Waals surface area contributed by atoms with Crippen LogP contribution in [0.4, 0.5) is 24.5 Å². The lowest BCUT2D eigenvalue weighted by Gasteiger charge is -2.19. The van der Waals surface area contributed by atoms with Crippen LogP contribution in [0.3, 0.4) is 0 Å². The second kappa shape index (κ2) is 9.49. The highest BCUT2D eigenvalue weighted by Gasteiger charge is 2.21. The molecule has 3 aromatic rings. The molecule has 0 aliphatic carbocycles. The maximum Gasteiger partial charge on any atom is 0.278 e. The van der Waals surface area contributed by atoms with Crippen LogP contribution >= 0.6 is 11.6 Å². The zero-order valence-corrected chi connectivity index (χ0v) is 18.0. The van der Waals surface area contributed by atoms with E-state index in [1.165, 1.54) is 54.5 Å². The van der Waals surface area contributed by atoms with E-state index in [1.807, 2.05) is 0 Å². The fourth-order valence-electron chi connectivity index (χ4n) is 2.72. The van der Waals surface area contributed by atoms with Gasteiger partial charge in [0.05, 0.1) is 10.6 Å². The van der Waals surface area contributed by atoms with E-state index in [2.05, 4.69) is 9.71 Å². The lowest BCUT2D eigenvalue weighted by Crippen LogP contribution is -2.28. The minimum absolute atomic E-state index is 0.0335. The predicted molar refractivity (Wildman–Crippen MR) is 115 cm³/mol. The van der Waals surface area contributed by atoms with Crippen molar-refractivity contribution in [2.45, 2.75) is 18.2 Å². The van der Waals surface area contributed by atoms with E-state index in [1.54, 1.807) is 13.0 Å². The summed E-state index contributed by atoms with van der Waals surface area (Å²) < 4.78 is 54.8. The van der Waals surface area contributed by atoms with Crippen molar-refractivity contribution in [3.63, 3.8) is 0 Å². The van der Waals surface area contributed by atoms with Crippen molar-refractivity contribution in [3.8, 4) is 0 Å². The van der Waals surface area contributed by atoms with Crippen molar-refractivity contribution >= 4 is 39.9 Å². The number of nitrogens with one attached hydrogen (secondary N) is 1. The molecule has 0 saturated carbocycles. The number of aryl methyl sites for hydroxylation is 1. The molecule has 10 heteroatoms. The number of carbonyl (C=O) groups excluding carboxylic acids is 1. The van der Waals surface area contributed by atoms with Gasteiger partial charge in [-0.3, -0.25) is 9.52 Å². The maximum atomic E-state index is 13.2. The first-order valence-electron chi connectivity index (χ1n) is 8.93. The Hall–Kier alpha value is -2.91. The fourth-order valence-corrected chi connectivity index (χ4v) is 3.82. The van der Waals surface area contributed by atoms with Crippen LogP contribution in [0, 0.1) is 12.7 Å². The predicted octanol–water partition coefficient (Wildman–Crippen LogP) is 5.53. The number of pyridine rings is 1. The molecule has 1 atom stereocenters. The van der Waals surface area contributed by atoms with Gasteiger partial charge in [0.25, 0.3) is 12.3 Å². The molecule has 2 aromatic carbocycles. The largest absolute Gasteiger partial charge is 0.310 e. The summed E-state index contributed by atoms with van der Waals surface area (Å²) in [5, 5.41) is -0.134. The molecule has 0 aliphatic rings. The number of hydrogen-bond donors (Lipinski definition) is 1. The summed E-state index contributed by atoms with van der Waals surface area (Å²) in [6.07, 6.45) is -1.36. The average molecular weight is 468 g/mol. The van der Waals surface area contributed by atoms with Crippen molar-refractivity contribution in [2.24, 2.45) is 0 Å². The summed E-state index contributed by atoms with van der Waals surface area (Å²) >= 11 is 5.76. The topological polar surface area (TPSA) is 62.3 Å². The second-order valence-corrected chi connectivity index (χ2v) is 8.22. The summed E-state index contributed by atoms with van der Waals surface area (Å²) in [6, 6.07) is 10.5. The Morgan fingerprint density at radius 3 is 2.48 bits per heavy atom. The molecule has 31 heavy (non-hydrogen) atoms. The molecule has 0 saturated heterocycles. The maximum absolute atomic E-state index is 13.2. The van der Waals surface area contributed by atoms with Gasteiger partial charge >= 0.3 is 0 Å². The van der Waals surface area contributed by atoms with Crippen LogP contribution in [-0.4, -0.2) is 22.1 Å². The number of halogens is 4. The van der Waals surface area contributed by atoms with Crippen LogP contribution in [0.1, 0.15) is 28.0 Å². The standard InChI is InChI=1S/C21H17ClF3N3O2S/c1-12-9-18(27-31(30)15-7-8-17(22)16(10-15)20(24)25)19(26-11-12)21(29)28(2)14-5-3-13(23)4-6-14/h3-11,20,27H,1-2H3. The van der Waals surface area contributed by atoms with Crippen LogP contribution in [0.2, 0.25) is 5.02 Å². The molecule has 1 heterocycles. The van der Waals surface area contributed by atoms with Crippen molar-refractivity contribution in [1.29, 1.82) is 0 Å². The smallest absolute Gasteiger partial charge is 0.278 e. The first-order valence-corrected chi connectivity index (χ1v) is 10.5. The van der Waals surface area contributed by atoms with Crippen LogP contribution in [0.15, 0.2) is 59.6 Å². The van der Waals surface area contributed by atoms with Crippen LogP contribution in [0.5, 0.6) is 0 Å². The van der Waals surface area contributed by atoms with Gasteiger partial charge in [-0.25, -0.2) is 22.4 Å². The quantitative estimate of drug-likeness (QED) is 0.518. The number of carbonyl (C=O) groups is 1. The first-order chi connectivity index (χ1) is 14.7. The van der Waals surface area contributed by atoms with E-state index in [-0.39, 0.29) is 21.3 Å². The minimum atomic E-state index is -2.83. The van der Waals surface area contributed by atoms with Gasteiger partial charge in [0.2, 0.25) is 0 Å². The molecular formula is C21H17ClF3N3O2S. The molecule has 0 spiro atoms. The summed E-state index contributed by atoms with van der Waals surface area (Å²) in [6.45, 7) is 1.73. The fraction of sp³-hybridized carbons (Fsp3) is 0.143. The van der Waals surface area contributed by atoms with Gasteiger partial charge in [-0.15, -0.1) is 0 Å². The van der Waals surface area contributed by atoms with E-state index in [4.69, 9.17) is 11.6 Å². The lowest BCUT2D eigenvalue weighted by molar-refractivity contribution is 0.0989. The lowest BCUT2D eigenvalue weighted by atomic mass is 10.2. The van der Waals surface area contributed by atoms with Crippen molar-refractivity contribution in [1.82, 2.24) is 4.98 Å². The van der Waals surface area contributed by atoms with Crippen LogP contribution < -0.4 is 9.62 Å². The van der Waals surface area contributed by atoms with Crippen LogP contribution in [-0.2, 0) is 11.0 Å². The molecule has 162 valence electrons. The molecule has 1 unspecified atom stereocenters. The number of anilines is 2. The average Bonchev–Trinajstić information content (AvgIpc) is 2.73. The zero-order chi connectivity index (χ0) is 22.7. The third kappa shape index (κ3) is 5.23. The van der Waals surface area contributed by atoms with E-state index < -0.39 is 34.7 Å². The van der Waals surface area contributed by atoms with Crippen molar-refractivity contribution in [3.05, 3.63) is 82.4 Å². The van der Waals surface area contributed by atoms with Gasteiger partial charge in [0.15, 0.2) is 5.69 Å². The molecule has 1 aromatic heterocycles. The molecule has 0 radical (unpaired) electrons. The summed E-state index contributed by atoms with van der Waals surface area (Å²) in [5.41, 5.74) is 0.800. The Bertz CT molecular complexity index is 1140. The van der Waals surface area contributed by atoms with E-state index in [0.717, 1.165) is 6.07 Å². The summed E-state index contributed by atoms with van der Waals surface area (Å²) in [7, 11) is -0.476. The molecule has 0 bridgehead atoms. The normalized spacial score (nSPS) is 12.0. The van der Waals surface area contributed by atoms with Gasteiger partial charge in [-0.1, -0.05) is 11.6 Å². The number of rotatable bonds is 6. The molecule has 5 nitrogen and oxygen atoms in total.